The molecule has 0 aliphatic heterocycles. The minimum absolute atomic E-state index is 0.167. The monoisotopic (exact) mass is 423 g/mol. The second-order valence-corrected chi connectivity index (χ2v) is 7.48. The van der Waals surface area contributed by atoms with Gasteiger partial charge in [0, 0.05) is 18.8 Å². The Morgan fingerprint density at radius 1 is 1.19 bits per heavy atom. The Kier molecular flexibility index (Phi) is 10.3. The molecule has 0 bridgehead atoms. The van der Waals surface area contributed by atoms with Crippen molar-refractivity contribution in [3.8, 4) is 5.75 Å². The van der Waals surface area contributed by atoms with E-state index in [0.29, 0.717) is 37.9 Å². The highest BCUT2D eigenvalue weighted by Crippen LogP contribution is 2.26. The number of nitrogens with one attached hydrogen (secondary N) is 2. The summed E-state index contributed by atoms with van der Waals surface area (Å²) in [6.07, 6.45) is 3.40. The zero-order valence-corrected chi connectivity index (χ0v) is 18.1. The molecule has 0 fully saturated rings. The van der Waals surface area contributed by atoms with Crippen molar-refractivity contribution in [3.05, 3.63) is 42.0 Å². The first-order valence-electron chi connectivity index (χ1n) is 10.6. The lowest BCUT2D eigenvalue weighted by molar-refractivity contribution is -0.134. The summed E-state index contributed by atoms with van der Waals surface area (Å²) in [5.41, 5.74) is 0.953. The smallest absolute Gasteiger partial charge is 0.373 e. The van der Waals surface area contributed by atoms with Gasteiger partial charge in [0.1, 0.15) is 17.9 Å². The molecule has 163 valence electrons. The summed E-state index contributed by atoms with van der Waals surface area (Å²) in [6, 6.07) is 11.3. The maximum Gasteiger partial charge on any atom is 0.373 e. The van der Waals surface area contributed by atoms with Gasteiger partial charge in [-0.05, 0) is 61.0 Å². The largest absolute Gasteiger partial charge is 0.556 e. The van der Waals surface area contributed by atoms with E-state index in [1.807, 2.05) is 37.3 Å². The van der Waals surface area contributed by atoms with Gasteiger partial charge >= 0.3 is 20.5 Å². The summed E-state index contributed by atoms with van der Waals surface area (Å²) >= 11 is 0. The molecule has 1 radical (unpaired) electrons. The third-order valence-electron chi connectivity index (χ3n) is 4.96. The SMILES string of the molecule is CB(O)NCCCC(=O)[C@H](C)c1ccc2cc(OC(=O)CCC[B]OC=N)ccc2c1. The van der Waals surface area contributed by atoms with Crippen molar-refractivity contribution in [2.45, 2.75) is 51.7 Å². The average molecular weight is 423 g/mol. The topological polar surface area (TPSA) is 109 Å². The van der Waals surface area contributed by atoms with E-state index in [1.54, 1.807) is 12.9 Å². The van der Waals surface area contributed by atoms with Crippen LogP contribution in [0.2, 0.25) is 13.1 Å². The molecule has 31 heavy (non-hydrogen) atoms. The number of rotatable bonds is 14. The van der Waals surface area contributed by atoms with Crippen LogP contribution >= 0.6 is 0 Å². The standard InChI is InChI=1S/C22H29B2N2O5/c1-16(21(27)5-4-12-26-24(2)29)17-7-8-19-14-20(10-9-18(19)13-17)31-22(28)6-3-11-23-30-15-25/h7-10,13-16,25-26,29H,3-6,11-12H2,1-2H3/t16-/m1/s1. The van der Waals surface area contributed by atoms with Gasteiger partial charge in [-0.15, -0.1) is 0 Å². The molecule has 0 spiro atoms. The number of ether oxygens (including phenoxy) is 1. The summed E-state index contributed by atoms with van der Waals surface area (Å²) < 4.78 is 10.1. The van der Waals surface area contributed by atoms with Gasteiger partial charge < -0.3 is 19.6 Å². The molecule has 2 rings (SSSR count). The van der Waals surface area contributed by atoms with E-state index in [9.17, 15) is 14.6 Å². The Balaban J connectivity index is 1.91. The number of benzene rings is 2. The Bertz CT molecular complexity index is 891. The van der Waals surface area contributed by atoms with Crippen LogP contribution in [0, 0.1) is 5.41 Å². The van der Waals surface area contributed by atoms with Crippen molar-refractivity contribution in [2.75, 3.05) is 6.54 Å². The van der Waals surface area contributed by atoms with Crippen molar-refractivity contribution >= 4 is 43.5 Å². The van der Waals surface area contributed by atoms with Crippen LogP contribution in [0.3, 0.4) is 0 Å². The van der Waals surface area contributed by atoms with E-state index < -0.39 is 7.05 Å². The fraction of sp³-hybridized carbons (Fsp3) is 0.409. The summed E-state index contributed by atoms with van der Waals surface area (Å²) in [4.78, 5) is 24.4. The molecule has 7 nitrogen and oxygen atoms in total. The zero-order valence-electron chi connectivity index (χ0n) is 18.1. The van der Waals surface area contributed by atoms with Gasteiger partial charge in [-0.2, -0.15) is 0 Å². The minimum atomic E-state index is -0.567. The Labute approximate surface area is 184 Å². The van der Waals surface area contributed by atoms with Crippen molar-refractivity contribution in [3.63, 3.8) is 0 Å². The highest BCUT2D eigenvalue weighted by Gasteiger charge is 2.16. The van der Waals surface area contributed by atoms with Crippen molar-refractivity contribution in [1.29, 1.82) is 5.41 Å². The fourth-order valence-corrected chi connectivity index (χ4v) is 3.18. The summed E-state index contributed by atoms with van der Waals surface area (Å²) in [7, 11) is 0.912. The van der Waals surface area contributed by atoms with Crippen LogP contribution in [0.5, 0.6) is 5.75 Å². The van der Waals surface area contributed by atoms with E-state index in [4.69, 9.17) is 10.1 Å². The number of carbonyl (C=O) groups excluding carboxylic acids is 2. The second-order valence-electron chi connectivity index (χ2n) is 7.48. The molecule has 9 heteroatoms. The van der Waals surface area contributed by atoms with Crippen molar-refractivity contribution < 1.29 is 24.0 Å². The summed E-state index contributed by atoms with van der Waals surface area (Å²) in [5, 5.41) is 20.8. The molecule has 0 aliphatic rings. The predicted octanol–water partition coefficient (Wildman–Crippen LogP) is 3.34. The average Bonchev–Trinajstić information content (AvgIpc) is 2.75. The molecule has 0 saturated carbocycles. The van der Waals surface area contributed by atoms with Crippen LogP contribution in [0.4, 0.5) is 0 Å². The van der Waals surface area contributed by atoms with Crippen LogP contribution in [-0.2, 0) is 14.2 Å². The maximum atomic E-state index is 12.5. The lowest BCUT2D eigenvalue weighted by Crippen LogP contribution is -2.31. The van der Waals surface area contributed by atoms with Gasteiger partial charge in [0.2, 0.25) is 0 Å². The van der Waals surface area contributed by atoms with E-state index >= 15 is 0 Å². The molecule has 0 amide bonds. The van der Waals surface area contributed by atoms with Crippen LogP contribution in [0.25, 0.3) is 10.8 Å². The first-order chi connectivity index (χ1) is 14.9. The molecule has 1 atom stereocenters. The number of Topliss-reactive ketones (excluding diaryl/α,β-unsaturated/α-hetero) is 1. The van der Waals surface area contributed by atoms with Crippen LogP contribution in [0.1, 0.15) is 44.1 Å². The van der Waals surface area contributed by atoms with Crippen molar-refractivity contribution in [1.82, 2.24) is 5.23 Å². The molecule has 3 N–H and O–H groups in total. The zero-order chi connectivity index (χ0) is 22.6. The Hall–Kier alpha value is -2.64. The lowest BCUT2D eigenvalue weighted by atomic mass is 9.88. The first kappa shape index (κ1) is 24.6. The molecule has 0 unspecified atom stereocenters. The molecule has 0 aromatic heterocycles. The predicted molar refractivity (Wildman–Crippen MR) is 124 cm³/mol. The lowest BCUT2D eigenvalue weighted by Gasteiger charge is -2.13. The molecule has 2 aromatic rings. The summed E-state index contributed by atoms with van der Waals surface area (Å²) in [5.74, 6) is 0.130. The summed E-state index contributed by atoms with van der Waals surface area (Å²) in [6.45, 7) is 4.17. The molecule has 2 aromatic carbocycles. The highest BCUT2D eigenvalue weighted by atomic mass is 16.5. The van der Waals surface area contributed by atoms with E-state index in [0.717, 1.165) is 22.7 Å². The highest BCUT2D eigenvalue weighted by molar-refractivity contribution is 6.45. The number of hydrogen-bond acceptors (Lipinski definition) is 7. The van der Waals surface area contributed by atoms with E-state index in [-0.39, 0.29) is 24.1 Å². The number of fused-ring (bicyclic) bond motifs is 1. The van der Waals surface area contributed by atoms with Crippen LogP contribution in [-0.4, -0.2) is 44.3 Å². The molecular formula is C22H29B2N2O5. The molecule has 0 aliphatic carbocycles. The normalized spacial score (nSPS) is 11.6. The van der Waals surface area contributed by atoms with Gasteiger partial charge in [-0.1, -0.05) is 31.2 Å². The van der Waals surface area contributed by atoms with Crippen molar-refractivity contribution in [2.24, 2.45) is 0 Å². The van der Waals surface area contributed by atoms with Gasteiger partial charge in [-0.25, -0.2) is 0 Å². The van der Waals surface area contributed by atoms with E-state index in [2.05, 4.69) is 9.88 Å². The molecule has 0 heterocycles. The molecule has 0 saturated heterocycles. The number of carbonyl (C=O) groups is 2. The second kappa shape index (κ2) is 12.9. The van der Waals surface area contributed by atoms with Crippen LogP contribution in [0.15, 0.2) is 36.4 Å². The first-order valence-corrected chi connectivity index (χ1v) is 10.6. The third-order valence-corrected chi connectivity index (χ3v) is 4.96. The quantitative estimate of drug-likeness (QED) is 0.107. The number of ketones is 1. The molecular weight excluding hydrogens is 394 g/mol. The third kappa shape index (κ3) is 8.55. The van der Waals surface area contributed by atoms with Gasteiger partial charge in [0.15, 0.2) is 0 Å². The van der Waals surface area contributed by atoms with Gasteiger partial charge in [0.25, 0.3) is 0 Å². The van der Waals surface area contributed by atoms with Gasteiger partial charge in [0.05, 0.1) is 0 Å². The van der Waals surface area contributed by atoms with Gasteiger partial charge in [-0.3, -0.25) is 15.0 Å². The Morgan fingerprint density at radius 2 is 1.94 bits per heavy atom. The fourth-order valence-electron chi connectivity index (χ4n) is 3.18. The number of esters is 1. The van der Waals surface area contributed by atoms with Crippen LogP contribution < -0.4 is 9.96 Å². The maximum absolute atomic E-state index is 12.5. The van der Waals surface area contributed by atoms with E-state index in [1.165, 1.54) is 7.48 Å². The minimum Gasteiger partial charge on any atom is -0.556 e. The Morgan fingerprint density at radius 3 is 2.68 bits per heavy atom. The number of hydrogen-bond donors (Lipinski definition) is 3.